The summed E-state index contributed by atoms with van der Waals surface area (Å²) >= 11 is 6.14. The number of carbonyl (C=O) groups is 1. The van der Waals surface area contributed by atoms with E-state index >= 15 is 0 Å². The summed E-state index contributed by atoms with van der Waals surface area (Å²) in [6, 6.07) is 22.3. The topological polar surface area (TPSA) is 79.0 Å². The van der Waals surface area contributed by atoms with Crippen LogP contribution in [0.25, 0.3) is 0 Å². The molecule has 0 aliphatic carbocycles. The van der Waals surface area contributed by atoms with Gasteiger partial charge in [-0.1, -0.05) is 48.0 Å². The van der Waals surface area contributed by atoms with Gasteiger partial charge in [-0.15, -0.1) is 0 Å². The van der Waals surface area contributed by atoms with Crippen LogP contribution in [-0.4, -0.2) is 48.1 Å². The maximum absolute atomic E-state index is 13.5. The van der Waals surface area contributed by atoms with Gasteiger partial charge in [-0.05, 0) is 42.5 Å². The van der Waals surface area contributed by atoms with Crippen molar-refractivity contribution in [1.82, 2.24) is 5.32 Å². The number of amides is 1. The number of hydrogen-bond donors (Lipinski definition) is 1. The lowest BCUT2D eigenvalue weighted by molar-refractivity contribution is -0.119. The number of para-hydroxylation sites is 1. The Kier molecular flexibility index (Phi) is 8.19. The summed E-state index contributed by atoms with van der Waals surface area (Å²) < 4.78 is 33.3. The van der Waals surface area contributed by atoms with Crippen molar-refractivity contribution >= 4 is 38.9 Å². The number of likely N-dealkylation sites (N-methyl/N-ethyl adjacent to an activating group) is 1. The van der Waals surface area contributed by atoms with Crippen LogP contribution in [0.15, 0.2) is 83.8 Å². The number of halogens is 1. The van der Waals surface area contributed by atoms with Crippen molar-refractivity contribution in [3.63, 3.8) is 0 Å². The van der Waals surface area contributed by atoms with Gasteiger partial charge in [-0.3, -0.25) is 9.10 Å². The standard InChI is InChI=1S/C24H26ClN3O4S/c1-27(20-9-5-3-6-10-20)16-15-26-24(29)18-28(22-17-19(25)13-14-23(22)32-2)33(30,31)21-11-7-4-8-12-21/h3-14,17H,15-16,18H2,1-2H3,(H,26,29). The van der Waals surface area contributed by atoms with Crippen molar-refractivity contribution in [3.8, 4) is 5.75 Å². The highest BCUT2D eigenvalue weighted by Crippen LogP contribution is 2.34. The Bertz CT molecular complexity index is 1170. The molecule has 0 aliphatic heterocycles. The van der Waals surface area contributed by atoms with Gasteiger partial charge in [-0.2, -0.15) is 0 Å². The molecule has 0 aliphatic rings. The fourth-order valence-electron chi connectivity index (χ4n) is 3.24. The summed E-state index contributed by atoms with van der Waals surface area (Å²) in [7, 11) is -0.708. The molecule has 0 heterocycles. The van der Waals surface area contributed by atoms with Gasteiger partial charge in [0.1, 0.15) is 12.3 Å². The lowest BCUT2D eigenvalue weighted by Gasteiger charge is -2.26. The smallest absolute Gasteiger partial charge is 0.264 e. The minimum Gasteiger partial charge on any atom is -0.495 e. The average Bonchev–Trinajstić information content (AvgIpc) is 2.83. The van der Waals surface area contributed by atoms with E-state index in [0.29, 0.717) is 18.1 Å². The molecule has 0 aromatic heterocycles. The van der Waals surface area contributed by atoms with E-state index in [-0.39, 0.29) is 16.3 Å². The third-order valence-electron chi connectivity index (χ3n) is 4.99. The molecule has 0 unspecified atom stereocenters. The van der Waals surface area contributed by atoms with Crippen molar-refractivity contribution in [2.45, 2.75) is 4.90 Å². The molecular formula is C24H26ClN3O4S. The lowest BCUT2D eigenvalue weighted by Crippen LogP contribution is -2.42. The predicted molar refractivity (Wildman–Crippen MR) is 132 cm³/mol. The van der Waals surface area contributed by atoms with E-state index in [0.717, 1.165) is 9.99 Å². The minimum atomic E-state index is -4.06. The van der Waals surface area contributed by atoms with E-state index in [9.17, 15) is 13.2 Å². The van der Waals surface area contributed by atoms with Gasteiger partial charge >= 0.3 is 0 Å². The monoisotopic (exact) mass is 487 g/mol. The highest BCUT2D eigenvalue weighted by molar-refractivity contribution is 7.92. The second-order valence-corrected chi connectivity index (χ2v) is 9.55. The number of anilines is 2. The number of nitrogens with one attached hydrogen (secondary N) is 1. The number of benzene rings is 3. The van der Waals surface area contributed by atoms with Crippen LogP contribution in [-0.2, 0) is 14.8 Å². The molecule has 174 valence electrons. The molecule has 1 amide bonds. The van der Waals surface area contributed by atoms with Gasteiger partial charge in [0.05, 0.1) is 17.7 Å². The number of ether oxygens (including phenoxy) is 1. The number of methoxy groups -OCH3 is 1. The maximum atomic E-state index is 13.5. The highest BCUT2D eigenvalue weighted by atomic mass is 35.5. The van der Waals surface area contributed by atoms with Gasteiger partial charge in [0, 0.05) is 30.8 Å². The number of rotatable bonds is 10. The first-order chi connectivity index (χ1) is 15.8. The Morgan fingerprint density at radius 3 is 2.27 bits per heavy atom. The van der Waals surface area contributed by atoms with Crippen LogP contribution >= 0.6 is 11.6 Å². The summed E-state index contributed by atoms with van der Waals surface area (Å²) in [5, 5.41) is 3.12. The van der Waals surface area contributed by atoms with Crippen molar-refractivity contribution < 1.29 is 17.9 Å². The molecule has 0 atom stereocenters. The fourth-order valence-corrected chi connectivity index (χ4v) is 4.85. The lowest BCUT2D eigenvalue weighted by atomic mass is 10.3. The second-order valence-electron chi connectivity index (χ2n) is 7.25. The van der Waals surface area contributed by atoms with Gasteiger partial charge in [0.2, 0.25) is 5.91 Å². The van der Waals surface area contributed by atoms with E-state index in [1.165, 1.54) is 25.3 Å². The molecule has 3 rings (SSSR count). The summed E-state index contributed by atoms with van der Waals surface area (Å²) in [4.78, 5) is 14.9. The molecule has 0 spiro atoms. The molecule has 1 N–H and O–H groups in total. The number of hydrogen-bond acceptors (Lipinski definition) is 5. The first-order valence-corrected chi connectivity index (χ1v) is 12.1. The number of sulfonamides is 1. The van der Waals surface area contributed by atoms with Crippen molar-refractivity contribution in [3.05, 3.63) is 83.9 Å². The molecule has 3 aromatic rings. The third kappa shape index (κ3) is 6.18. The maximum Gasteiger partial charge on any atom is 0.264 e. The zero-order valence-electron chi connectivity index (χ0n) is 18.4. The molecule has 9 heteroatoms. The van der Waals surface area contributed by atoms with E-state index in [2.05, 4.69) is 5.32 Å². The fraction of sp³-hybridized carbons (Fsp3) is 0.208. The van der Waals surface area contributed by atoms with Gasteiger partial charge in [0.25, 0.3) is 10.0 Å². The molecule has 0 fully saturated rings. The zero-order chi connectivity index (χ0) is 23.8. The Morgan fingerprint density at radius 1 is 1.00 bits per heavy atom. The average molecular weight is 488 g/mol. The number of nitrogens with zero attached hydrogens (tertiary/aromatic N) is 2. The summed E-state index contributed by atoms with van der Waals surface area (Å²) in [5.74, 6) is -0.159. The normalized spacial score (nSPS) is 11.0. The third-order valence-corrected chi connectivity index (χ3v) is 7.00. The quantitative estimate of drug-likeness (QED) is 0.470. The SMILES string of the molecule is COc1ccc(Cl)cc1N(CC(=O)NCCN(C)c1ccccc1)S(=O)(=O)c1ccccc1. The van der Waals surface area contributed by atoms with Crippen LogP contribution in [0.5, 0.6) is 5.75 Å². The van der Waals surface area contributed by atoms with Crippen molar-refractivity contribution in [1.29, 1.82) is 0 Å². The molecule has 0 bridgehead atoms. The summed E-state index contributed by atoms with van der Waals surface area (Å²) in [6.45, 7) is 0.473. The minimum absolute atomic E-state index is 0.0589. The Labute approximate surface area is 199 Å². The first-order valence-electron chi connectivity index (χ1n) is 10.3. The molecule has 3 aromatic carbocycles. The van der Waals surface area contributed by atoms with Crippen LogP contribution in [0.2, 0.25) is 5.02 Å². The zero-order valence-corrected chi connectivity index (χ0v) is 20.0. The largest absolute Gasteiger partial charge is 0.495 e. The van der Waals surface area contributed by atoms with Gasteiger partial charge in [0.15, 0.2) is 0 Å². The number of carbonyl (C=O) groups excluding carboxylic acids is 1. The van der Waals surface area contributed by atoms with Crippen LogP contribution in [0.1, 0.15) is 0 Å². The van der Waals surface area contributed by atoms with Crippen molar-refractivity contribution in [2.75, 3.05) is 43.0 Å². The van der Waals surface area contributed by atoms with Crippen LogP contribution in [0, 0.1) is 0 Å². The van der Waals surface area contributed by atoms with E-state index in [1.54, 1.807) is 30.3 Å². The second kappa shape index (κ2) is 11.1. The van der Waals surface area contributed by atoms with Gasteiger partial charge in [-0.25, -0.2) is 8.42 Å². The van der Waals surface area contributed by atoms with E-state index < -0.39 is 22.5 Å². The van der Waals surface area contributed by atoms with Crippen LogP contribution in [0.3, 0.4) is 0 Å². The Hall–Kier alpha value is -3.23. The summed E-state index contributed by atoms with van der Waals surface area (Å²) in [6.07, 6.45) is 0. The van der Waals surface area contributed by atoms with Crippen molar-refractivity contribution in [2.24, 2.45) is 0 Å². The molecule has 0 saturated carbocycles. The van der Waals surface area contributed by atoms with Crippen LogP contribution < -0.4 is 19.3 Å². The highest BCUT2D eigenvalue weighted by Gasteiger charge is 2.29. The predicted octanol–water partition coefficient (Wildman–Crippen LogP) is 3.80. The molecule has 7 nitrogen and oxygen atoms in total. The van der Waals surface area contributed by atoms with E-state index in [1.807, 2.05) is 42.3 Å². The van der Waals surface area contributed by atoms with Gasteiger partial charge < -0.3 is 15.0 Å². The van der Waals surface area contributed by atoms with Crippen LogP contribution in [0.4, 0.5) is 11.4 Å². The molecule has 0 saturated heterocycles. The first kappa shape index (κ1) is 24.4. The Balaban J connectivity index is 1.80. The molecule has 33 heavy (non-hydrogen) atoms. The Morgan fingerprint density at radius 2 is 1.64 bits per heavy atom. The van der Waals surface area contributed by atoms with E-state index in [4.69, 9.17) is 16.3 Å². The molecular weight excluding hydrogens is 462 g/mol. The summed E-state index contributed by atoms with van der Waals surface area (Å²) in [5.41, 5.74) is 1.20. The molecule has 0 radical (unpaired) electrons.